The molecule has 2 aromatic heterocycles. The molecule has 0 atom stereocenters. The summed E-state index contributed by atoms with van der Waals surface area (Å²) >= 11 is 0. The van der Waals surface area contributed by atoms with E-state index in [2.05, 4.69) is 27.1 Å². The Bertz CT molecular complexity index is 748. The van der Waals surface area contributed by atoms with Crippen LogP contribution in [0.3, 0.4) is 0 Å². The lowest BCUT2D eigenvalue weighted by Crippen LogP contribution is -2.22. The van der Waals surface area contributed by atoms with Crippen LogP contribution >= 0.6 is 0 Å². The third-order valence-electron chi connectivity index (χ3n) is 3.23. The van der Waals surface area contributed by atoms with Gasteiger partial charge < -0.3 is 0 Å². The Morgan fingerprint density at radius 3 is 2.73 bits per heavy atom. The van der Waals surface area contributed by atoms with Crippen molar-refractivity contribution >= 4 is 6.03 Å². The second kappa shape index (κ2) is 6.30. The lowest BCUT2D eigenvalue weighted by Gasteiger charge is -2.03. The highest BCUT2D eigenvalue weighted by atomic mass is 16.2. The highest BCUT2D eigenvalue weighted by Gasteiger charge is 2.19. The largest absolute Gasteiger partial charge is 0.372 e. The summed E-state index contributed by atoms with van der Waals surface area (Å²) in [6.45, 7) is 2.11. The molecule has 0 saturated heterocycles. The molecular weight excluding hydrogens is 280 g/mol. The zero-order valence-electron chi connectivity index (χ0n) is 12.3. The molecule has 0 radical (unpaired) electrons. The first kappa shape index (κ1) is 14.1. The van der Waals surface area contributed by atoms with E-state index in [4.69, 9.17) is 0 Å². The van der Waals surface area contributed by atoms with Crippen LogP contribution in [0.15, 0.2) is 43.0 Å². The summed E-state index contributed by atoms with van der Waals surface area (Å²) in [6, 6.07) is 9.13. The van der Waals surface area contributed by atoms with Gasteiger partial charge in [0.2, 0.25) is 0 Å². The lowest BCUT2D eigenvalue weighted by atomic mass is 10.2. The molecule has 0 unspecified atom stereocenters. The van der Waals surface area contributed by atoms with Gasteiger partial charge in [0, 0.05) is 12.0 Å². The average molecular weight is 296 g/mol. The molecule has 112 valence electrons. The molecular formula is C15H16N6O. The van der Waals surface area contributed by atoms with Gasteiger partial charge in [-0.2, -0.15) is 14.5 Å². The van der Waals surface area contributed by atoms with E-state index in [1.807, 2.05) is 30.3 Å². The monoisotopic (exact) mass is 296 g/mol. The van der Waals surface area contributed by atoms with Gasteiger partial charge >= 0.3 is 6.03 Å². The Balaban J connectivity index is 2.03. The van der Waals surface area contributed by atoms with Gasteiger partial charge in [0.1, 0.15) is 12.7 Å². The molecule has 0 aliphatic heterocycles. The van der Waals surface area contributed by atoms with Crippen LogP contribution in [0.4, 0.5) is 4.79 Å². The number of aryl methyl sites for hydroxylation is 1. The fourth-order valence-electron chi connectivity index (χ4n) is 2.11. The van der Waals surface area contributed by atoms with Crippen molar-refractivity contribution in [3.63, 3.8) is 0 Å². The van der Waals surface area contributed by atoms with Crippen molar-refractivity contribution in [1.29, 1.82) is 0 Å². The summed E-state index contributed by atoms with van der Waals surface area (Å²) in [4.78, 5) is 20.8. The van der Waals surface area contributed by atoms with Crippen molar-refractivity contribution in [2.75, 3.05) is 0 Å². The van der Waals surface area contributed by atoms with Gasteiger partial charge in [-0.1, -0.05) is 43.7 Å². The van der Waals surface area contributed by atoms with E-state index in [-0.39, 0.29) is 0 Å². The number of unbranched alkanes of at least 4 members (excludes halogenated alkanes) is 1. The van der Waals surface area contributed by atoms with Crippen LogP contribution < -0.4 is 0 Å². The van der Waals surface area contributed by atoms with Gasteiger partial charge in [0.15, 0.2) is 11.6 Å². The minimum Gasteiger partial charge on any atom is -0.243 e. The lowest BCUT2D eigenvalue weighted by molar-refractivity contribution is 0.238. The first-order valence-corrected chi connectivity index (χ1v) is 7.20. The molecule has 0 spiro atoms. The Morgan fingerprint density at radius 2 is 2.05 bits per heavy atom. The van der Waals surface area contributed by atoms with Crippen molar-refractivity contribution in [3.8, 4) is 11.4 Å². The molecule has 0 aliphatic rings. The molecule has 3 rings (SSSR count). The van der Waals surface area contributed by atoms with Crippen LogP contribution in [0, 0.1) is 0 Å². The molecule has 0 fully saturated rings. The van der Waals surface area contributed by atoms with Gasteiger partial charge in [0.05, 0.1) is 0 Å². The van der Waals surface area contributed by atoms with Crippen molar-refractivity contribution < 1.29 is 4.79 Å². The van der Waals surface area contributed by atoms with E-state index in [0.29, 0.717) is 11.6 Å². The van der Waals surface area contributed by atoms with Gasteiger partial charge in [-0.3, -0.25) is 0 Å². The summed E-state index contributed by atoms with van der Waals surface area (Å²) in [5.41, 5.74) is 0.839. The Kier molecular flexibility index (Phi) is 4.04. The fourth-order valence-corrected chi connectivity index (χ4v) is 2.11. The number of carbonyl (C=O) groups excluding carboxylic acids is 1. The van der Waals surface area contributed by atoms with Gasteiger partial charge in [-0.15, -0.1) is 5.10 Å². The van der Waals surface area contributed by atoms with Crippen LogP contribution in [-0.4, -0.2) is 35.6 Å². The standard InChI is InChI=1S/C15H16N6O/c1-2-3-9-13-18-14(12-7-5-4-6-8-12)21(19-13)15(22)20-11-16-10-17-20/h4-8,10-11H,2-3,9H2,1H3. The van der Waals surface area contributed by atoms with E-state index >= 15 is 0 Å². The molecule has 2 heterocycles. The number of hydrogen-bond donors (Lipinski definition) is 0. The molecule has 1 aromatic carbocycles. The summed E-state index contributed by atoms with van der Waals surface area (Å²) < 4.78 is 2.43. The predicted octanol–water partition coefficient (Wildman–Crippen LogP) is 2.40. The van der Waals surface area contributed by atoms with E-state index < -0.39 is 6.03 Å². The molecule has 0 saturated carbocycles. The molecule has 0 aliphatic carbocycles. The van der Waals surface area contributed by atoms with Crippen LogP contribution in [0.2, 0.25) is 0 Å². The van der Waals surface area contributed by atoms with Gasteiger partial charge in [-0.25, -0.2) is 14.8 Å². The van der Waals surface area contributed by atoms with E-state index in [1.165, 1.54) is 17.3 Å². The summed E-state index contributed by atoms with van der Waals surface area (Å²) in [7, 11) is 0. The molecule has 7 nitrogen and oxygen atoms in total. The quantitative estimate of drug-likeness (QED) is 0.738. The minimum atomic E-state index is -0.397. The minimum absolute atomic E-state index is 0.397. The van der Waals surface area contributed by atoms with Crippen LogP contribution in [0.5, 0.6) is 0 Å². The van der Waals surface area contributed by atoms with Crippen LogP contribution in [0.25, 0.3) is 11.4 Å². The van der Waals surface area contributed by atoms with Crippen LogP contribution in [-0.2, 0) is 6.42 Å². The molecule has 0 amide bonds. The second-order valence-electron chi connectivity index (χ2n) is 4.86. The number of hydrogen-bond acceptors (Lipinski definition) is 5. The summed E-state index contributed by atoms with van der Waals surface area (Å²) in [5, 5.41) is 8.21. The molecule has 0 N–H and O–H groups in total. The highest BCUT2D eigenvalue weighted by Crippen LogP contribution is 2.18. The Hall–Kier alpha value is -2.83. The van der Waals surface area contributed by atoms with Crippen molar-refractivity contribution in [2.24, 2.45) is 0 Å². The summed E-state index contributed by atoms with van der Waals surface area (Å²) in [6.07, 6.45) is 5.44. The van der Waals surface area contributed by atoms with E-state index in [9.17, 15) is 4.79 Å². The second-order valence-corrected chi connectivity index (χ2v) is 4.86. The zero-order chi connectivity index (χ0) is 15.4. The smallest absolute Gasteiger partial charge is 0.243 e. The fraction of sp³-hybridized carbons (Fsp3) is 0.267. The maximum Gasteiger partial charge on any atom is 0.372 e. The van der Waals surface area contributed by atoms with E-state index in [0.717, 1.165) is 29.5 Å². The maximum absolute atomic E-state index is 12.5. The number of nitrogens with zero attached hydrogens (tertiary/aromatic N) is 6. The third kappa shape index (κ3) is 2.78. The zero-order valence-corrected chi connectivity index (χ0v) is 12.3. The van der Waals surface area contributed by atoms with Crippen molar-refractivity contribution in [1.82, 2.24) is 29.5 Å². The van der Waals surface area contributed by atoms with Gasteiger partial charge in [0.25, 0.3) is 0 Å². The Labute approximate surface area is 127 Å². The first-order chi connectivity index (χ1) is 10.8. The first-order valence-electron chi connectivity index (χ1n) is 7.20. The number of rotatable bonds is 4. The normalized spacial score (nSPS) is 10.8. The number of aromatic nitrogens is 6. The topological polar surface area (TPSA) is 78.5 Å². The average Bonchev–Trinajstić information content (AvgIpc) is 3.23. The Morgan fingerprint density at radius 1 is 1.23 bits per heavy atom. The number of carbonyl (C=O) groups is 1. The highest BCUT2D eigenvalue weighted by molar-refractivity contribution is 5.81. The van der Waals surface area contributed by atoms with Crippen molar-refractivity contribution in [3.05, 3.63) is 48.8 Å². The molecule has 0 bridgehead atoms. The third-order valence-corrected chi connectivity index (χ3v) is 3.23. The predicted molar refractivity (Wildman–Crippen MR) is 80.3 cm³/mol. The summed E-state index contributed by atoms with van der Waals surface area (Å²) in [5.74, 6) is 1.18. The molecule has 3 aromatic rings. The molecule has 22 heavy (non-hydrogen) atoms. The molecule has 7 heteroatoms. The van der Waals surface area contributed by atoms with Crippen LogP contribution in [0.1, 0.15) is 25.6 Å². The van der Waals surface area contributed by atoms with Gasteiger partial charge in [-0.05, 0) is 6.42 Å². The maximum atomic E-state index is 12.5. The number of benzene rings is 1. The van der Waals surface area contributed by atoms with E-state index in [1.54, 1.807) is 0 Å². The van der Waals surface area contributed by atoms with Crippen molar-refractivity contribution in [2.45, 2.75) is 26.2 Å². The SMILES string of the molecule is CCCCc1nc(-c2ccccc2)n(C(=O)n2cncn2)n1.